The van der Waals surface area contributed by atoms with E-state index in [9.17, 15) is 14.7 Å². The number of carbonyl (C=O) groups is 2. The van der Waals surface area contributed by atoms with Crippen LogP contribution in [0.25, 0.3) is 5.76 Å². The molecule has 1 saturated heterocycles. The summed E-state index contributed by atoms with van der Waals surface area (Å²) < 4.78 is 5.53. The first-order chi connectivity index (χ1) is 15.5. The number of hydrogen-bond acceptors (Lipinski definition) is 5. The molecule has 0 bridgehead atoms. The SMILES string of the molecule is CCOc1cccc(/C(O)=C2\C(=O)C(=O)N(Cc3cccnc3)C2c2ccc(C)cc2)c1. The Morgan fingerprint density at radius 1 is 1.09 bits per heavy atom. The fourth-order valence-corrected chi connectivity index (χ4v) is 3.88. The monoisotopic (exact) mass is 428 g/mol. The van der Waals surface area contributed by atoms with E-state index in [4.69, 9.17) is 4.74 Å². The number of rotatable bonds is 6. The summed E-state index contributed by atoms with van der Waals surface area (Å²) >= 11 is 0. The summed E-state index contributed by atoms with van der Waals surface area (Å²) in [5.41, 5.74) is 3.09. The van der Waals surface area contributed by atoms with Crippen molar-refractivity contribution in [3.8, 4) is 5.75 Å². The number of pyridine rings is 1. The Bertz CT molecular complexity index is 1170. The number of aliphatic hydroxyl groups excluding tert-OH is 1. The van der Waals surface area contributed by atoms with Gasteiger partial charge in [0.15, 0.2) is 0 Å². The van der Waals surface area contributed by atoms with Crippen LogP contribution in [0, 0.1) is 6.92 Å². The molecule has 1 unspecified atom stereocenters. The molecule has 6 heteroatoms. The Morgan fingerprint density at radius 3 is 2.56 bits per heavy atom. The lowest BCUT2D eigenvalue weighted by molar-refractivity contribution is -0.140. The van der Waals surface area contributed by atoms with Gasteiger partial charge < -0.3 is 14.7 Å². The average Bonchev–Trinajstić information content (AvgIpc) is 3.05. The zero-order chi connectivity index (χ0) is 22.7. The van der Waals surface area contributed by atoms with Gasteiger partial charge in [-0.2, -0.15) is 0 Å². The van der Waals surface area contributed by atoms with Crippen molar-refractivity contribution in [1.29, 1.82) is 0 Å². The Balaban J connectivity index is 1.84. The van der Waals surface area contributed by atoms with Gasteiger partial charge in [-0.15, -0.1) is 0 Å². The third-order valence-electron chi connectivity index (χ3n) is 5.43. The highest BCUT2D eigenvalue weighted by Gasteiger charge is 2.46. The van der Waals surface area contributed by atoms with E-state index in [2.05, 4.69) is 4.98 Å². The molecule has 1 atom stereocenters. The van der Waals surface area contributed by atoms with Crippen LogP contribution in [0.15, 0.2) is 78.6 Å². The number of hydrogen-bond donors (Lipinski definition) is 1. The number of aryl methyl sites for hydroxylation is 1. The number of carbonyl (C=O) groups excluding carboxylic acids is 2. The predicted molar refractivity (Wildman–Crippen MR) is 121 cm³/mol. The van der Waals surface area contributed by atoms with Gasteiger partial charge in [0, 0.05) is 24.5 Å². The van der Waals surface area contributed by atoms with Gasteiger partial charge in [-0.25, -0.2) is 0 Å². The molecule has 1 aliphatic rings. The second kappa shape index (κ2) is 9.06. The first-order valence-corrected chi connectivity index (χ1v) is 10.5. The van der Waals surface area contributed by atoms with Gasteiger partial charge in [-0.3, -0.25) is 14.6 Å². The molecule has 6 nitrogen and oxygen atoms in total. The highest BCUT2D eigenvalue weighted by Crippen LogP contribution is 2.40. The zero-order valence-corrected chi connectivity index (χ0v) is 18.0. The fraction of sp³-hybridized carbons (Fsp3) is 0.192. The topological polar surface area (TPSA) is 79.7 Å². The lowest BCUT2D eigenvalue weighted by Crippen LogP contribution is -2.29. The van der Waals surface area contributed by atoms with Crippen molar-refractivity contribution in [1.82, 2.24) is 9.88 Å². The maximum Gasteiger partial charge on any atom is 0.295 e. The zero-order valence-electron chi connectivity index (χ0n) is 18.0. The van der Waals surface area contributed by atoms with Gasteiger partial charge in [0.05, 0.1) is 18.2 Å². The number of amides is 1. The van der Waals surface area contributed by atoms with E-state index in [1.165, 1.54) is 4.90 Å². The van der Waals surface area contributed by atoms with E-state index < -0.39 is 17.7 Å². The third-order valence-corrected chi connectivity index (χ3v) is 5.43. The van der Waals surface area contributed by atoms with Crippen LogP contribution >= 0.6 is 0 Å². The van der Waals surface area contributed by atoms with E-state index in [1.807, 2.05) is 44.2 Å². The number of ether oxygens (including phenoxy) is 1. The smallest absolute Gasteiger partial charge is 0.295 e. The largest absolute Gasteiger partial charge is 0.507 e. The molecule has 1 fully saturated rings. The van der Waals surface area contributed by atoms with Crippen molar-refractivity contribution in [2.24, 2.45) is 0 Å². The second-order valence-corrected chi connectivity index (χ2v) is 7.66. The van der Waals surface area contributed by atoms with Gasteiger partial charge >= 0.3 is 0 Å². The van der Waals surface area contributed by atoms with Crippen molar-refractivity contribution in [2.75, 3.05) is 6.61 Å². The summed E-state index contributed by atoms with van der Waals surface area (Å²) in [6.07, 6.45) is 3.32. The number of likely N-dealkylation sites (tertiary alicyclic amines) is 1. The van der Waals surface area contributed by atoms with Crippen LogP contribution in [0.5, 0.6) is 5.75 Å². The maximum atomic E-state index is 13.1. The van der Waals surface area contributed by atoms with E-state index in [1.54, 1.807) is 42.7 Å². The summed E-state index contributed by atoms with van der Waals surface area (Å²) in [4.78, 5) is 31.8. The molecule has 162 valence electrons. The van der Waals surface area contributed by atoms with Crippen molar-refractivity contribution >= 4 is 17.4 Å². The summed E-state index contributed by atoms with van der Waals surface area (Å²) in [5, 5.41) is 11.2. The molecule has 0 radical (unpaired) electrons. The quantitative estimate of drug-likeness (QED) is 0.357. The minimum atomic E-state index is -0.716. The fourth-order valence-electron chi connectivity index (χ4n) is 3.88. The molecule has 0 spiro atoms. The van der Waals surface area contributed by atoms with Gasteiger partial charge in [0.2, 0.25) is 0 Å². The molecule has 1 aliphatic heterocycles. The summed E-state index contributed by atoms with van der Waals surface area (Å²) in [6, 6.07) is 17.4. The summed E-state index contributed by atoms with van der Waals surface area (Å²) in [6.45, 7) is 4.51. The normalized spacial score (nSPS) is 17.6. The molecular weight excluding hydrogens is 404 g/mol. The molecule has 2 aromatic carbocycles. The molecule has 1 N–H and O–H groups in total. The summed E-state index contributed by atoms with van der Waals surface area (Å²) in [7, 11) is 0. The number of nitrogens with zero attached hydrogens (tertiary/aromatic N) is 2. The first kappa shape index (κ1) is 21.3. The minimum absolute atomic E-state index is 0.0661. The molecule has 0 aliphatic carbocycles. The molecule has 0 saturated carbocycles. The number of benzene rings is 2. The van der Waals surface area contributed by atoms with Gasteiger partial charge in [0.1, 0.15) is 11.5 Å². The Morgan fingerprint density at radius 2 is 1.88 bits per heavy atom. The number of aromatic nitrogens is 1. The van der Waals surface area contributed by atoms with E-state index in [-0.39, 0.29) is 17.9 Å². The highest BCUT2D eigenvalue weighted by molar-refractivity contribution is 6.46. The van der Waals surface area contributed by atoms with Gasteiger partial charge in [-0.05, 0) is 43.2 Å². The molecule has 32 heavy (non-hydrogen) atoms. The minimum Gasteiger partial charge on any atom is -0.507 e. The van der Waals surface area contributed by atoms with Crippen molar-refractivity contribution < 1.29 is 19.4 Å². The average molecular weight is 428 g/mol. The van der Waals surface area contributed by atoms with E-state index in [0.717, 1.165) is 16.7 Å². The highest BCUT2D eigenvalue weighted by atomic mass is 16.5. The molecular formula is C26H24N2O4. The number of ketones is 1. The Kier molecular flexibility index (Phi) is 6.03. The Labute approximate surface area is 186 Å². The van der Waals surface area contributed by atoms with Gasteiger partial charge in [-0.1, -0.05) is 48.0 Å². The third kappa shape index (κ3) is 4.12. The predicted octanol–water partition coefficient (Wildman–Crippen LogP) is 4.41. The van der Waals surface area contributed by atoms with Crippen LogP contribution in [0.4, 0.5) is 0 Å². The maximum absolute atomic E-state index is 13.1. The molecule has 3 aromatic rings. The molecule has 2 heterocycles. The standard InChI is InChI=1S/C26H24N2O4/c1-3-32-21-8-4-7-20(14-21)24(29)22-23(19-11-9-17(2)10-12-19)28(26(31)25(22)30)16-18-6-5-13-27-15-18/h4-15,23,29H,3,16H2,1-2H3/b24-22+. The van der Waals surface area contributed by atoms with Crippen molar-refractivity contribution in [2.45, 2.75) is 26.4 Å². The molecule has 4 rings (SSSR count). The van der Waals surface area contributed by atoms with Gasteiger partial charge in [0.25, 0.3) is 11.7 Å². The van der Waals surface area contributed by atoms with Crippen LogP contribution in [-0.4, -0.2) is 33.3 Å². The van der Waals surface area contributed by atoms with Crippen LogP contribution in [-0.2, 0) is 16.1 Å². The van der Waals surface area contributed by atoms with E-state index in [0.29, 0.717) is 17.9 Å². The van der Waals surface area contributed by atoms with Crippen LogP contribution < -0.4 is 4.74 Å². The summed E-state index contributed by atoms with van der Waals surface area (Å²) in [5.74, 6) is -1.00. The molecule has 1 aromatic heterocycles. The van der Waals surface area contributed by atoms with Crippen LogP contribution in [0.2, 0.25) is 0 Å². The lowest BCUT2D eigenvalue weighted by atomic mass is 9.94. The second-order valence-electron chi connectivity index (χ2n) is 7.66. The van der Waals surface area contributed by atoms with E-state index >= 15 is 0 Å². The number of aliphatic hydroxyl groups is 1. The van der Waals surface area contributed by atoms with Crippen molar-refractivity contribution in [3.05, 3.63) is 101 Å². The lowest BCUT2D eigenvalue weighted by Gasteiger charge is -2.25. The van der Waals surface area contributed by atoms with Crippen molar-refractivity contribution in [3.63, 3.8) is 0 Å². The Hall–Kier alpha value is -3.93. The molecule has 1 amide bonds. The van der Waals surface area contributed by atoms with Crippen LogP contribution in [0.1, 0.15) is 35.2 Å². The number of Topliss-reactive ketones (excluding diaryl/α,β-unsaturated/α-hetero) is 1. The first-order valence-electron chi connectivity index (χ1n) is 10.5. The van der Waals surface area contributed by atoms with Crippen LogP contribution in [0.3, 0.4) is 0 Å².